The molecule has 3 rings (SSSR count). The van der Waals surface area contributed by atoms with Crippen LogP contribution in [-0.4, -0.2) is 18.5 Å². The monoisotopic (exact) mass is 369 g/mol. The number of carbonyl (C=O) groups excluding carboxylic acids is 1. The van der Waals surface area contributed by atoms with E-state index < -0.39 is 5.97 Å². The molecule has 1 aliphatic heterocycles. The molecule has 4 nitrogen and oxygen atoms in total. The second-order valence-corrected chi connectivity index (χ2v) is 6.40. The Morgan fingerprint density at radius 3 is 2.50 bits per heavy atom. The summed E-state index contributed by atoms with van der Waals surface area (Å²) in [5.74, 6) is 0.645. The van der Waals surface area contributed by atoms with Crippen molar-refractivity contribution in [2.45, 2.75) is 26.2 Å². The summed E-state index contributed by atoms with van der Waals surface area (Å²) in [5, 5.41) is 0.617. The standard InChI is InChI=1S/C21H20ClNO3/c1-2-3-4-13-25-18-11-5-15(6-12-18)14-19-21(24)26-20(23-19)16-7-9-17(22)10-8-16/h5-12,14H,2-4,13H2,1H3/b19-14-. The van der Waals surface area contributed by atoms with Crippen molar-refractivity contribution >= 4 is 29.5 Å². The van der Waals surface area contributed by atoms with Gasteiger partial charge in [-0.25, -0.2) is 9.79 Å². The van der Waals surface area contributed by atoms with E-state index in [2.05, 4.69) is 11.9 Å². The Hall–Kier alpha value is -2.59. The van der Waals surface area contributed by atoms with Gasteiger partial charge in [-0.2, -0.15) is 0 Å². The minimum Gasteiger partial charge on any atom is -0.494 e. The molecule has 0 saturated heterocycles. The smallest absolute Gasteiger partial charge is 0.363 e. The Kier molecular flexibility index (Phi) is 6.08. The van der Waals surface area contributed by atoms with Crippen molar-refractivity contribution in [2.75, 3.05) is 6.61 Å². The Balaban J connectivity index is 1.68. The van der Waals surface area contributed by atoms with E-state index in [1.165, 1.54) is 12.8 Å². The van der Waals surface area contributed by atoms with Crippen LogP contribution in [0.15, 0.2) is 59.2 Å². The van der Waals surface area contributed by atoms with Crippen LogP contribution < -0.4 is 4.74 Å². The van der Waals surface area contributed by atoms with Crippen molar-refractivity contribution < 1.29 is 14.3 Å². The van der Waals surface area contributed by atoms with E-state index >= 15 is 0 Å². The lowest BCUT2D eigenvalue weighted by Gasteiger charge is -2.05. The minimum atomic E-state index is -0.463. The fourth-order valence-electron chi connectivity index (χ4n) is 2.49. The number of aliphatic imine (C=N–C) groups is 1. The van der Waals surface area contributed by atoms with Crippen molar-refractivity contribution in [2.24, 2.45) is 4.99 Å². The molecule has 0 atom stereocenters. The van der Waals surface area contributed by atoms with Gasteiger partial charge in [-0.05, 0) is 54.5 Å². The van der Waals surface area contributed by atoms with Crippen LogP contribution in [0.3, 0.4) is 0 Å². The fraction of sp³-hybridized carbons (Fsp3) is 0.238. The lowest BCUT2D eigenvalue weighted by Crippen LogP contribution is -2.05. The molecular formula is C21H20ClNO3. The average molecular weight is 370 g/mol. The third kappa shape index (κ3) is 4.73. The van der Waals surface area contributed by atoms with E-state index in [1.54, 1.807) is 30.3 Å². The molecule has 0 radical (unpaired) electrons. The summed E-state index contributed by atoms with van der Waals surface area (Å²) < 4.78 is 10.9. The molecule has 134 valence electrons. The maximum atomic E-state index is 12.0. The highest BCUT2D eigenvalue weighted by Gasteiger charge is 2.24. The van der Waals surface area contributed by atoms with E-state index in [1.807, 2.05) is 24.3 Å². The molecule has 1 aliphatic rings. The van der Waals surface area contributed by atoms with Crippen LogP contribution in [0.5, 0.6) is 5.75 Å². The number of hydrogen-bond donors (Lipinski definition) is 0. The van der Waals surface area contributed by atoms with Crippen molar-refractivity contribution in [3.63, 3.8) is 0 Å². The quantitative estimate of drug-likeness (QED) is 0.380. The Morgan fingerprint density at radius 1 is 1.08 bits per heavy atom. The number of nitrogens with zero attached hydrogens (tertiary/aromatic N) is 1. The molecule has 0 N–H and O–H groups in total. The zero-order valence-electron chi connectivity index (χ0n) is 14.6. The predicted octanol–water partition coefficient (Wildman–Crippen LogP) is 5.25. The molecule has 5 heteroatoms. The first kappa shape index (κ1) is 18.2. The number of benzene rings is 2. The highest BCUT2D eigenvalue weighted by Crippen LogP contribution is 2.21. The van der Waals surface area contributed by atoms with E-state index in [0.717, 1.165) is 24.3 Å². The second-order valence-electron chi connectivity index (χ2n) is 5.97. The lowest BCUT2D eigenvalue weighted by atomic mass is 10.2. The third-order valence-electron chi connectivity index (χ3n) is 3.91. The van der Waals surface area contributed by atoms with Crippen LogP contribution in [0.2, 0.25) is 5.02 Å². The van der Waals surface area contributed by atoms with Crippen LogP contribution in [-0.2, 0) is 9.53 Å². The van der Waals surface area contributed by atoms with Crippen LogP contribution in [0.1, 0.15) is 37.3 Å². The maximum absolute atomic E-state index is 12.0. The summed E-state index contributed by atoms with van der Waals surface area (Å²) in [6.07, 6.45) is 5.09. The first-order chi connectivity index (χ1) is 12.7. The van der Waals surface area contributed by atoms with E-state index in [4.69, 9.17) is 21.1 Å². The molecule has 0 aromatic heterocycles. The molecule has 0 amide bonds. The molecule has 0 bridgehead atoms. The van der Waals surface area contributed by atoms with Gasteiger partial charge in [0.2, 0.25) is 5.90 Å². The van der Waals surface area contributed by atoms with Gasteiger partial charge in [-0.15, -0.1) is 0 Å². The van der Waals surface area contributed by atoms with Gasteiger partial charge in [0.1, 0.15) is 5.75 Å². The summed E-state index contributed by atoms with van der Waals surface area (Å²) in [7, 11) is 0. The predicted molar refractivity (Wildman–Crippen MR) is 104 cm³/mol. The number of halogens is 1. The molecule has 0 saturated carbocycles. The number of hydrogen-bond acceptors (Lipinski definition) is 4. The topological polar surface area (TPSA) is 47.9 Å². The largest absolute Gasteiger partial charge is 0.494 e. The number of esters is 1. The normalized spacial score (nSPS) is 15.1. The summed E-state index contributed by atoms with van der Waals surface area (Å²) in [4.78, 5) is 16.3. The van der Waals surface area contributed by atoms with Gasteiger partial charge in [0.25, 0.3) is 0 Å². The van der Waals surface area contributed by atoms with Gasteiger partial charge < -0.3 is 9.47 Å². The average Bonchev–Trinajstić information content (AvgIpc) is 3.01. The van der Waals surface area contributed by atoms with Crippen LogP contribution in [0, 0.1) is 0 Å². The highest BCUT2D eigenvalue weighted by atomic mass is 35.5. The molecule has 2 aromatic rings. The van der Waals surface area contributed by atoms with Gasteiger partial charge >= 0.3 is 5.97 Å². The van der Waals surface area contributed by atoms with Crippen molar-refractivity contribution in [3.05, 3.63) is 70.4 Å². The van der Waals surface area contributed by atoms with E-state index in [9.17, 15) is 4.79 Å². The second kappa shape index (κ2) is 8.68. The van der Waals surface area contributed by atoms with Crippen LogP contribution in [0.25, 0.3) is 6.08 Å². The van der Waals surface area contributed by atoms with E-state index in [-0.39, 0.29) is 11.6 Å². The summed E-state index contributed by atoms with van der Waals surface area (Å²) in [6, 6.07) is 14.6. The molecule has 26 heavy (non-hydrogen) atoms. The molecule has 2 aromatic carbocycles. The number of carbonyl (C=O) groups is 1. The highest BCUT2D eigenvalue weighted by molar-refractivity contribution is 6.30. The fourth-order valence-corrected chi connectivity index (χ4v) is 2.61. The zero-order chi connectivity index (χ0) is 18.4. The van der Waals surface area contributed by atoms with Gasteiger partial charge in [-0.3, -0.25) is 0 Å². The van der Waals surface area contributed by atoms with Gasteiger partial charge in [0, 0.05) is 10.6 Å². The summed E-state index contributed by atoms with van der Waals surface area (Å²) in [5.41, 5.74) is 1.84. The maximum Gasteiger partial charge on any atom is 0.363 e. The number of cyclic esters (lactones) is 1. The van der Waals surface area contributed by atoms with Gasteiger partial charge in [0.05, 0.1) is 6.61 Å². The van der Waals surface area contributed by atoms with Crippen LogP contribution in [0.4, 0.5) is 0 Å². The number of unbranched alkanes of at least 4 members (excludes halogenated alkanes) is 2. The third-order valence-corrected chi connectivity index (χ3v) is 4.16. The number of rotatable bonds is 7. The van der Waals surface area contributed by atoms with Crippen molar-refractivity contribution in [1.29, 1.82) is 0 Å². The lowest BCUT2D eigenvalue weighted by molar-refractivity contribution is -0.129. The summed E-state index contributed by atoms with van der Waals surface area (Å²) >= 11 is 5.87. The molecule has 0 aliphatic carbocycles. The Labute approximate surface area is 158 Å². The van der Waals surface area contributed by atoms with Crippen LogP contribution >= 0.6 is 11.6 Å². The minimum absolute atomic E-state index is 0.270. The molecule has 0 unspecified atom stereocenters. The molecule has 1 heterocycles. The van der Waals surface area contributed by atoms with Gasteiger partial charge in [-0.1, -0.05) is 43.5 Å². The molecular weight excluding hydrogens is 350 g/mol. The van der Waals surface area contributed by atoms with Gasteiger partial charge in [0.15, 0.2) is 5.70 Å². The molecule has 0 fully saturated rings. The zero-order valence-corrected chi connectivity index (χ0v) is 15.3. The SMILES string of the molecule is CCCCCOc1ccc(/C=C2\N=C(c3ccc(Cl)cc3)OC2=O)cc1. The number of ether oxygens (including phenoxy) is 2. The van der Waals surface area contributed by atoms with E-state index in [0.29, 0.717) is 10.6 Å². The first-order valence-corrected chi connectivity index (χ1v) is 9.05. The first-order valence-electron chi connectivity index (χ1n) is 8.67. The Bertz CT molecular complexity index is 823. The van der Waals surface area contributed by atoms with Crippen molar-refractivity contribution in [1.82, 2.24) is 0 Å². The molecule has 0 spiro atoms. The Morgan fingerprint density at radius 2 is 1.81 bits per heavy atom. The van der Waals surface area contributed by atoms with Crippen molar-refractivity contribution in [3.8, 4) is 5.75 Å². The summed E-state index contributed by atoms with van der Waals surface area (Å²) in [6.45, 7) is 2.88.